The van der Waals surface area contributed by atoms with Crippen molar-refractivity contribution in [2.75, 3.05) is 97.5 Å². The lowest BCUT2D eigenvalue weighted by Crippen LogP contribution is -2.49. The summed E-state index contributed by atoms with van der Waals surface area (Å²) in [4.78, 5) is 77.2. The number of nitrogens with one attached hydrogen (secondary N) is 4. The van der Waals surface area contributed by atoms with Crippen molar-refractivity contribution < 1.29 is 52.2 Å². The molecule has 3 heterocycles. The van der Waals surface area contributed by atoms with Gasteiger partial charge in [-0.25, -0.2) is 14.4 Å². The molecule has 3 aromatic rings. The zero-order valence-corrected chi connectivity index (χ0v) is 51.5. The second-order valence-corrected chi connectivity index (χ2v) is 26.4. The monoisotopic (exact) mass is 1190 g/mol. The molecule has 0 radical (unpaired) electrons. The number of nitrogens with zero attached hydrogens (tertiary/aromatic N) is 8. The number of nitrogen functional groups attached to an aromatic ring is 1. The minimum Gasteiger partial charge on any atom is -0.491 e. The molecular weight excluding hydrogens is 1110 g/mol. The number of carbonyl (C=O) groups is 4. The van der Waals surface area contributed by atoms with Gasteiger partial charge in [0.15, 0.2) is 11.9 Å². The van der Waals surface area contributed by atoms with E-state index in [-0.39, 0.29) is 99.9 Å². The first-order valence-electron chi connectivity index (χ1n) is 29.0. The SMILES string of the molecule is CC(C)OC[C@H]1O[C@@H](n2cc(C#CCNC(=O)COCCOC(COc3cccc(C(=O)NCCNC(=O)CCCNC(=O)CCCCCN(C)c4ccc5c(c4)[Si](C)(C)C4=CC(=[N+](C)C)C=CC4=N5)c3)N=[N+]=[N-])c(N)nc2=O)CC1OC(C)C. The van der Waals surface area contributed by atoms with Crippen LogP contribution in [0, 0.1) is 11.8 Å². The Bertz CT molecular complexity index is 3120. The molecule has 458 valence electrons. The third kappa shape index (κ3) is 20.8. The molecule has 4 atom stereocenters. The van der Waals surface area contributed by atoms with Crippen molar-refractivity contribution in [3.63, 3.8) is 0 Å². The first-order chi connectivity index (χ1) is 40.7. The minimum absolute atomic E-state index is 0.00991. The Morgan fingerprint density at radius 1 is 0.941 bits per heavy atom. The van der Waals surface area contributed by atoms with E-state index in [1.54, 1.807) is 18.2 Å². The third-order valence-corrected chi connectivity index (χ3v) is 17.6. The Balaban J connectivity index is 0.787. The van der Waals surface area contributed by atoms with Crippen LogP contribution in [0.15, 0.2) is 87.0 Å². The van der Waals surface area contributed by atoms with E-state index in [0.717, 1.165) is 37.2 Å². The summed E-state index contributed by atoms with van der Waals surface area (Å²) in [5.74, 6) is 4.85. The van der Waals surface area contributed by atoms with Gasteiger partial charge in [-0.3, -0.25) is 23.7 Å². The van der Waals surface area contributed by atoms with Gasteiger partial charge in [-0.1, -0.05) is 42.5 Å². The maximum absolute atomic E-state index is 12.9. The number of fused-ring (bicyclic) bond motifs is 2. The fourth-order valence-electron chi connectivity index (χ4n) is 9.50. The van der Waals surface area contributed by atoms with Crippen LogP contribution in [0.25, 0.3) is 10.4 Å². The highest BCUT2D eigenvalue weighted by molar-refractivity contribution is 7.01. The lowest BCUT2D eigenvalue weighted by molar-refractivity contribution is -0.462. The summed E-state index contributed by atoms with van der Waals surface area (Å²) in [5, 5.41) is 17.4. The van der Waals surface area contributed by atoms with Gasteiger partial charge in [0.25, 0.3) is 5.91 Å². The number of hydrogen-bond acceptors (Lipinski definition) is 16. The van der Waals surface area contributed by atoms with Gasteiger partial charge in [0.1, 0.15) is 59.3 Å². The van der Waals surface area contributed by atoms with Crippen molar-refractivity contribution in [3.05, 3.63) is 104 Å². The van der Waals surface area contributed by atoms with E-state index in [4.69, 9.17) is 44.7 Å². The molecule has 6 rings (SSSR count). The van der Waals surface area contributed by atoms with Crippen LogP contribution in [0.1, 0.15) is 94.8 Å². The summed E-state index contributed by atoms with van der Waals surface area (Å²) in [5.41, 5.74) is 19.6. The highest BCUT2D eigenvalue weighted by atomic mass is 28.3. The average Bonchev–Trinajstić information content (AvgIpc) is 1.68. The Kier molecular flexibility index (Phi) is 25.9. The maximum Gasteiger partial charge on any atom is 0.351 e. The molecule has 2 aromatic carbocycles. The molecule has 1 aliphatic carbocycles. The summed E-state index contributed by atoms with van der Waals surface area (Å²) < 4.78 is 38.2. The molecule has 2 aliphatic heterocycles. The number of hydrogen-bond donors (Lipinski definition) is 5. The molecule has 0 saturated carbocycles. The number of azide groups is 1. The average molecular weight is 1190 g/mol. The van der Waals surface area contributed by atoms with Crippen molar-refractivity contribution in [2.45, 2.75) is 123 Å². The third-order valence-electron chi connectivity index (χ3n) is 14.1. The zero-order chi connectivity index (χ0) is 61.5. The maximum atomic E-state index is 12.9. The van der Waals surface area contributed by atoms with E-state index in [1.165, 1.54) is 38.6 Å². The van der Waals surface area contributed by atoms with Crippen LogP contribution in [-0.2, 0) is 38.1 Å². The van der Waals surface area contributed by atoms with E-state index >= 15 is 0 Å². The van der Waals surface area contributed by atoms with Crippen molar-refractivity contribution >= 4 is 65.5 Å². The second kappa shape index (κ2) is 33.1. The fraction of sp³-hybridized carbons (Fsp3) is 0.533. The van der Waals surface area contributed by atoms with Gasteiger partial charge in [-0.15, -0.1) is 0 Å². The highest BCUT2D eigenvalue weighted by Gasteiger charge is 2.40. The van der Waals surface area contributed by atoms with Gasteiger partial charge in [-0.2, -0.15) is 4.98 Å². The molecule has 24 nitrogen and oxygen atoms in total. The normalized spacial score (nSPS) is 16.8. The molecule has 0 bridgehead atoms. The van der Waals surface area contributed by atoms with Gasteiger partial charge < -0.3 is 60.3 Å². The predicted octanol–water partition coefficient (Wildman–Crippen LogP) is 4.74. The van der Waals surface area contributed by atoms with Crippen molar-refractivity contribution in [1.82, 2.24) is 30.8 Å². The standard InChI is InChI=1S/C60H83N13O11Si/c1-40(2)81-37-50-49(83-41(3)4)35-57(84-50)73-36-43(58(61)68-60(73)78)17-14-25-64-55(76)38-79-30-31-80-56(69-70-62)39-82-46-18-13-16-42(32-46)59(77)66-28-27-65-54(75)20-15-26-63-53(74)19-11-10-12-29-72(7)45-22-24-48-52(34-45)85(8,9)51-33-44(71(5)6)21-23-47(51)67-48/h13,16,18,21-24,32-34,36,40-41,49-50,56-57H,10-12,15,19-20,25-31,35,37-39H2,1-9H3,(H5-,61,63,64,65,66,68,74,75,76,77,78)/p+1/t49?,50-,56?,57-/m1/s1. The van der Waals surface area contributed by atoms with Crippen molar-refractivity contribution in [2.24, 2.45) is 10.1 Å². The summed E-state index contributed by atoms with van der Waals surface area (Å²) in [6.07, 6.45) is 9.76. The van der Waals surface area contributed by atoms with Gasteiger partial charge in [0.05, 0.1) is 61.6 Å². The van der Waals surface area contributed by atoms with Crippen molar-refractivity contribution in [3.8, 4) is 17.6 Å². The largest absolute Gasteiger partial charge is 0.491 e. The lowest BCUT2D eigenvalue weighted by Gasteiger charge is -2.34. The summed E-state index contributed by atoms with van der Waals surface area (Å²) in [7, 11) is 4.27. The van der Waals surface area contributed by atoms with Gasteiger partial charge >= 0.3 is 5.69 Å². The number of anilines is 2. The predicted molar refractivity (Wildman–Crippen MR) is 328 cm³/mol. The molecule has 3 aliphatic rings. The fourth-order valence-corrected chi connectivity index (χ4v) is 12.4. The van der Waals surface area contributed by atoms with Crippen LogP contribution < -0.4 is 47.5 Å². The molecule has 4 amide bonds. The van der Waals surface area contributed by atoms with E-state index in [9.17, 15) is 24.0 Å². The van der Waals surface area contributed by atoms with Gasteiger partial charge in [-0.05, 0) is 105 Å². The number of rotatable bonds is 32. The highest BCUT2D eigenvalue weighted by Crippen LogP contribution is 2.34. The van der Waals surface area contributed by atoms with Gasteiger partial charge in [0, 0.05) is 87.0 Å². The molecule has 25 heteroatoms. The topological polar surface area (TPSA) is 300 Å². The van der Waals surface area contributed by atoms with Crippen molar-refractivity contribution in [1.29, 1.82) is 0 Å². The number of nitrogens with two attached hydrogens (primary N) is 1. The molecule has 1 saturated heterocycles. The van der Waals surface area contributed by atoms with Crippen LogP contribution in [0.3, 0.4) is 0 Å². The molecule has 85 heavy (non-hydrogen) atoms. The smallest absolute Gasteiger partial charge is 0.351 e. The Labute approximate surface area is 498 Å². The Hall–Kier alpha value is -7.69. The van der Waals surface area contributed by atoms with E-state index in [1.807, 2.05) is 27.7 Å². The number of carbonyl (C=O) groups excluding carboxylic acids is 4. The first kappa shape index (κ1) is 66.4. The first-order valence-corrected chi connectivity index (χ1v) is 32.0. The van der Waals surface area contributed by atoms with Crippen LogP contribution in [0.4, 0.5) is 17.2 Å². The quantitative estimate of drug-likeness (QED) is 0.00825. The molecule has 1 aromatic heterocycles. The Morgan fingerprint density at radius 2 is 1.71 bits per heavy atom. The number of aromatic nitrogens is 2. The number of ether oxygens (including phenoxy) is 6. The molecule has 0 spiro atoms. The van der Waals surface area contributed by atoms with Crippen LogP contribution in [-0.4, -0.2) is 175 Å². The Morgan fingerprint density at radius 3 is 2.46 bits per heavy atom. The number of unbranched alkanes of at least 4 members (excludes halogenated alkanes) is 2. The summed E-state index contributed by atoms with van der Waals surface area (Å²) >= 11 is 0. The molecular formula is C60H84N13O11Si+. The van der Waals surface area contributed by atoms with E-state index < -0.39 is 38.2 Å². The molecule has 6 N–H and O–H groups in total. The van der Waals surface area contributed by atoms with Crippen LogP contribution >= 0.6 is 0 Å². The molecule has 1 fully saturated rings. The second-order valence-electron chi connectivity index (χ2n) is 22.0. The van der Waals surface area contributed by atoms with E-state index in [0.29, 0.717) is 43.7 Å². The lowest BCUT2D eigenvalue weighted by atomic mass is 10.1. The number of benzene rings is 2. The van der Waals surface area contributed by atoms with Crippen LogP contribution in [0.5, 0.6) is 5.75 Å². The number of allylic oxidation sites excluding steroid dienone is 4. The summed E-state index contributed by atoms with van der Waals surface area (Å²) in [6.45, 7) is 13.9. The minimum atomic E-state index is -1.97. The number of aliphatic imine (C=N–C) groups is 1. The van der Waals surface area contributed by atoms with E-state index in [2.05, 4.69) is 128 Å². The van der Waals surface area contributed by atoms with Gasteiger partial charge in [0.2, 0.25) is 17.7 Å². The number of amides is 4. The van der Waals surface area contributed by atoms with Crippen LogP contribution in [0.2, 0.25) is 13.1 Å². The summed E-state index contributed by atoms with van der Waals surface area (Å²) in [6, 6.07) is 13.0. The zero-order valence-electron chi connectivity index (χ0n) is 50.5. The molecule has 2 unspecified atom stereocenters.